The Balaban J connectivity index is 2.33. The number of rotatable bonds is 3. The van der Waals surface area contributed by atoms with Gasteiger partial charge in [-0.2, -0.15) is 0 Å². The molecular formula is C15H21NO2. The minimum absolute atomic E-state index is 0.181. The lowest BCUT2D eigenvalue weighted by atomic mass is 9.74. The summed E-state index contributed by atoms with van der Waals surface area (Å²) in [6, 6.07) is 6.00. The number of Topliss-reactive ketones (excluding diaryl/α,β-unsaturated/α-hetero) is 1. The Bertz CT molecular complexity index is 428. The average molecular weight is 247 g/mol. The Morgan fingerprint density at radius 1 is 1.22 bits per heavy atom. The summed E-state index contributed by atoms with van der Waals surface area (Å²) in [4.78, 5) is 12.7. The fraction of sp³-hybridized carbons (Fsp3) is 0.533. The largest absolute Gasteiger partial charge is 0.381 e. The molecule has 0 unspecified atom stereocenters. The number of carbonyl (C=O) groups is 1. The first-order valence-corrected chi connectivity index (χ1v) is 6.48. The first-order valence-electron chi connectivity index (χ1n) is 6.48. The predicted octanol–water partition coefficient (Wildman–Crippen LogP) is 2.24. The van der Waals surface area contributed by atoms with Crippen LogP contribution in [0, 0.1) is 19.3 Å². The zero-order valence-corrected chi connectivity index (χ0v) is 11.2. The third-order valence-electron chi connectivity index (χ3n) is 3.81. The van der Waals surface area contributed by atoms with Crippen LogP contribution in [-0.4, -0.2) is 25.5 Å². The van der Waals surface area contributed by atoms with Crippen LogP contribution >= 0.6 is 0 Å². The van der Waals surface area contributed by atoms with Gasteiger partial charge in [0.05, 0.1) is 5.41 Å². The lowest BCUT2D eigenvalue weighted by molar-refractivity contribution is 0.0200. The average Bonchev–Trinajstić information content (AvgIpc) is 2.37. The molecule has 0 amide bonds. The van der Waals surface area contributed by atoms with Crippen LogP contribution in [0.5, 0.6) is 0 Å². The van der Waals surface area contributed by atoms with Gasteiger partial charge in [-0.3, -0.25) is 4.79 Å². The standard InChI is InChI=1S/C15H21NO2/c1-11-7-12(2)9-13(8-11)14(17)15(10-16)3-5-18-6-4-15/h7-9H,3-6,10,16H2,1-2H3. The maximum atomic E-state index is 12.7. The Labute approximate surface area is 108 Å². The van der Waals surface area contributed by atoms with Crippen molar-refractivity contribution < 1.29 is 9.53 Å². The smallest absolute Gasteiger partial charge is 0.170 e. The van der Waals surface area contributed by atoms with Gasteiger partial charge in [0.1, 0.15) is 0 Å². The highest BCUT2D eigenvalue weighted by molar-refractivity contribution is 6.01. The molecule has 1 aliphatic heterocycles. The molecule has 1 heterocycles. The van der Waals surface area contributed by atoms with Crippen molar-refractivity contribution >= 4 is 5.78 Å². The highest BCUT2D eigenvalue weighted by atomic mass is 16.5. The van der Waals surface area contributed by atoms with E-state index in [0.29, 0.717) is 19.8 Å². The molecule has 98 valence electrons. The Hall–Kier alpha value is -1.19. The summed E-state index contributed by atoms with van der Waals surface area (Å²) in [7, 11) is 0. The zero-order valence-electron chi connectivity index (χ0n) is 11.2. The molecule has 1 saturated heterocycles. The molecular weight excluding hydrogens is 226 g/mol. The van der Waals surface area contributed by atoms with Crippen molar-refractivity contribution in [1.29, 1.82) is 0 Å². The van der Waals surface area contributed by atoms with Crippen molar-refractivity contribution in [2.45, 2.75) is 26.7 Å². The van der Waals surface area contributed by atoms with E-state index in [-0.39, 0.29) is 5.78 Å². The van der Waals surface area contributed by atoms with Crippen molar-refractivity contribution in [3.63, 3.8) is 0 Å². The van der Waals surface area contributed by atoms with Crippen molar-refractivity contribution in [3.8, 4) is 0 Å². The number of hydrogen-bond acceptors (Lipinski definition) is 3. The van der Waals surface area contributed by atoms with E-state index < -0.39 is 5.41 Å². The molecule has 1 aromatic carbocycles. The molecule has 1 fully saturated rings. The molecule has 0 radical (unpaired) electrons. The van der Waals surface area contributed by atoms with Crippen molar-refractivity contribution in [2.75, 3.05) is 19.8 Å². The molecule has 0 bridgehead atoms. The van der Waals surface area contributed by atoms with E-state index in [9.17, 15) is 4.79 Å². The SMILES string of the molecule is Cc1cc(C)cc(C(=O)C2(CN)CCOCC2)c1. The predicted molar refractivity (Wildman–Crippen MR) is 71.8 cm³/mol. The molecule has 0 aliphatic carbocycles. The normalized spacial score (nSPS) is 18.6. The van der Waals surface area contributed by atoms with E-state index >= 15 is 0 Å². The summed E-state index contributed by atoms with van der Waals surface area (Å²) in [5.41, 5.74) is 8.50. The Morgan fingerprint density at radius 2 is 1.78 bits per heavy atom. The first kappa shape index (κ1) is 13.2. The molecule has 1 aromatic rings. The third-order valence-corrected chi connectivity index (χ3v) is 3.81. The van der Waals surface area contributed by atoms with Crippen LogP contribution in [0.25, 0.3) is 0 Å². The fourth-order valence-electron chi connectivity index (χ4n) is 2.70. The highest BCUT2D eigenvalue weighted by Gasteiger charge is 2.39. The maximum absolute atomic E-state index is 12.7. The van der Waals surface area contributed by atoms with E-state index in [4.69, 9.17) is 10.5 Å². The molecule has 18 heavy (non-hydrogen) atoms. The molecule has 2 rings (SSSR count). The summed E-state index contributed by atoms with van der Waals surface area (Å²) < 4.78 is 5.35. The lowest BCUT2D eigenvalue weighted by Crippen LogP contribution is -2.43. The second-order valence-electron chi connectivity index (χ2n) is 5.30. The topological polar surface area (TPSA) is 52.3 Å². The van der Waals surface area contributed by atoms with Crippen LogP contribution in [0.3, 0.4) is 0 Å². The van der Waals surface area contributed by atoms with Gasteiger partial charge in [0.2, 0.25) is 0 Å². The molecule has 2 N–H and O–H groups in total. The van der Waals surface area contributed by atoms with Crippen LogP contribution in [-0.2, 0) is 4.74 Å². The van der Waals surface area contributed by atoms with E-state index in [2.05, 4.69) is 6.07 Å². The zero-order chi connectivity index (χ0) is 13.2. The molecule has 0 atom stereocenters. The summed E-state index contributed by atoms with van der Waals surface area (Å²) in [5, 5.41) is 0. The van der Waals surface area contributed by atoms with Gasteiger partial charge in [-0.25, -0.2) is 0 Å². The summed E-state index contributed by atoms with van der Waals surface area (Å²) in [5.74, 6) is 0.181. The Morgan fingerprint density at radius 3 is 2.28 bits per heavy atom. The van der Waals surface area contributed by atoms with E-state index in [1.807, 2.05) is 26.0 Å². The van der Waals surface area contributed by atoms with Gasteiger partial charge in [-0.15, -0.1) is 0 Å². The second-order valence-corrected chi connectivity index (χ2v) is 5.30. The van der Waals surface area contributed by atoms with Crippen LogP contribution in [0.15, 0.2) is 18.2 Å². The first-order chi connectivity index (χ1) is 8.57. The number of carbonyl (C=O) groups excluding carboxylic acids is 1. The summed E-state index contributed by atoms with van der Waals surface area (Å²) in [6.45, 7) is 5.70. The minimum atomic E-state index is -0.418. The van der Waals surface area contributed by atoms with Crippen LogP contribution in [0.1, 0.15) is 34.3 Å². The van der Waals surface area contributed by atoms with Gasteiger partial charge in [0.25, 0.3) is 0 Å². The van der Waals surface area contributed by atoms with E-state index in [1.165, 1.54) is 0 Å². The molecule has 0 aromatic heterocycles. The van der Waals surface area contributed by atoms with Crippen molar-refractivity contribution in [2.24, 2.45) is 11.1 Å². The minimum Gasteiger partial charge on any atom is -0.381 e. The number of ether oxygens (including phenoxy) is 1. The molecule has 0 spiro atoms. The summed E-state index contributed by atoms with van der Waals surface area (Å²) >= 11 is 0. The van der Waals surface area contributed by atoms with Gasteiger partial charge < -0.3 is 10.5 Å². The van der Waals surface area contributed by atoms with Crippen molar-refractivity contribution in [1.82, 2.24) is 0 Å². The Kier molecular flexibility index (Phi) is 3.83. The molecule has 1 aliphatic rings. The number of nitrogens with two attached hydrogens (primary N) is 1. The number of ketones is 1. The van der Waals surface area contributed by atoms with Gasteiger partial charge in [0.15, 0.2) is 5.78 Å². The molecule has 0 saturated carbocycles. The lowest BCUT2D eigenvalue weighted by Gasteiger charge is -2.34. The number of benzene rings is 1. The molecule has 3 heteroatoms. The third kappa shape index (κ3) is 2.47. The van der Waals surface area contributed by atoms with Crippen molar-refractivity contribution in [3.05, 3.63) is 34.9 Å². The monoisotopic (exact) mass is 247 g/mol. The maximum Gasteiger partial charge on any atom is 0.170 e. The quantitative estimate of drug-likeness (QED) is 0.833. The fourth-order valence-corrected chi connectivity index (χ4v) is 2.70. The summed E-state index contributed by atoms with van der Waals surface area (Å²) in [6.07, 6.45) is 1.46. The van der Waals surface area contributed by atoms with Crippen LogP contribution < -0.4 is 5.73 Å². The van der Waals surface area contributed by atoms with Crippen LogP contribution in [0.4, 0.5) is 0 Å². The van der Waals surface area contributed by atoms with Gasteiger partial charge in [-0.05, 0) is 38.8 Å². The van der Waals surface area contributed by atoms with E-state index in [0.717, 1.165) is 29.5 Å². The highest BCUT2D eigenvalue weighted by Crippen LogP contribution is 2.33. The van der Waals surface area contributed by atoms with Gasteiger partial charge in [-0.1, -0.05) is 17.2 Å². The number of aryl methyl sites for hydroxylation is 2. The molecule has 3 nitrogen and oxygen atoms in total. The number of hydrogen-bond donors (Lipinski definition) is 1. The van der Waals surface area contributed by atoms with E-state index in [1.54, 1.807) is 0 Å². The van der Waals surface area contributed by atoms with Gasteiger partial charge >= 0.3 is 0 Å². The van der Waals surface area contributed by atoms with Gasteiger partial charge in [0, 0.05) is 25.3 Å². The van der Waals surface area contributed by atoms with Crippen LogP contribution in [0.2, 0.25) is 0 Å². The second kappa shape index (κ2) is 5.21.